The molecular formula is C21H26N4O2. The Hall–Kier alpha value is -2.86. The maximum Gasteiger partial charge on any atom is 0.313 e. The number of para-hydroxylation sites is 2. The van der Waals surface area contributed by atoms with Crippen LogP contribution in [0.1, 0.15) is 6.42 Å². The number of anilines is 2. The summed E-state index contributed by atoms with van der Waals surface area (Å²) in [5.74, 6) is -1.22. The molecule has 0 aromatic heterocycles. The second-order valence-electron chi connectivity index (χ2n) is 6.59. The number of rotatable bonds is 6. The molecule has 2 aromatic carbocycles. The molecule has 0 bridgehead atoms. The minimum atomic E-state index is -0.627. The third kappa shape index (κ3) is 5.82. The zero-order chi connectivity index (χ0) is 18.9. The van der Waals surface area contributed by atoms with Crippen LogP contribution >= 0.6 is 0 Å². The first-order valence-corrected chi connectivity index (χ1v) is 9.39. The van der Waals surface area contributed by atoms with Crippen molar-refractivity contribution in [3.05, 3.63) is 60.7 Å². The first kappa shape index (κ1) is 18.9. The van der Waals surface area contributed by atoms with Crippen LogP contribution in [0.5, 0.6) is 0 Å². The average Bonchev–Trinajstić information content (AvgIpc) is 2.73. The lowest BCUT2D eigenvalue weighted by Crippen LogP contribution is -2.47. The lowest BCUT2D eigenvalue weighted by molar-refractivity contribution is -0.136. The Bertz CT molecular complexity index is 728. The highest BCUT2D eigenvalue weighted by molar-refractivity contribution is 6.39. The van der Waals surface area contributed by atoms with Crippen LogP contribution in [0.15, 0.2) is 60.7 Å². The molecule has 27 heavy (non-hydrogen) atoms. The van der Waals surface area contributed by atoms with Crippen LogP contribution in [-0.4, -0.2) is 56.0 Å². The third-order valence-corrected chi connectivity index (χ3v) is 4.67. The van der Waals surface area contributed by atoms with Gasteiger partial charge in [0.2, 0.25) is 0 Å². The molecule has 142 valence electrons. The van der Waals surface area contributed by atoms with Crippen molar-refractivity contribution in [1.82, 2.24) is 10.2 Å². The third-order valence-electron chi connectivity index (χ3n) is 4.67. The lowest BCUT2D eigenvalue weighted by atomic mass is 10.2. The number of amides is 2. The van der Waals surface area contributed by atoms with Crippen LogP contribution < -0.4 is 15.5 Å². The van der Waals surface area contributed by atoms with E-state index >= 15 is 0 Å². The van der Waals surface area contributed by atoms with Crippen molar-refractivity contribution in [3.8, 4) is 0 Å². The summed E-state index contributed by atoms with van der Waals surface area (Å²) in [7, 11) is 0. The SMILES string of the molecule is O=C(NCCCN1CCN(c2ccccc2)CC1)C(=O)Nc1ccccc1. The van der Waals surface area contributed by atoms with Gasteiger partial charge in [-0.3, -0.25) is 14.5 Å². The van der Waals surface area contributed by atoms with Crippen LogP contribution in [0, 0.1) is 0 Å². The molecule has 2 aromatic rings. The van der Waals surface area contributed by atoms with E-state index in [4.69, 9.17) is 0 Å². The number of nitrogens with zero attached hydrogens (tertiary/aromatic N) is 2. The summed E-state index contributed by atoms with van der Waals surface area (Å²) < 4.78 is 0. The highest BCUT2D eigenvalue weighted by Crippen LogP contribution is 2.15. The normalized spacial score (nSPS) is 14.6. The van der Waals surface area contributed by atoms with Gasteiger partial charge in [-0.1, -0.05) is 36.4 Å². The summed E-state index contributed by atoms with van der Waals surface area (Å²) in [6, 6.07) is 19.4. The van der Waals surface area contributed by atoms with Gasteiger partial charge in [0.1, 0.15) is 0 Å². The molecule has 0 unspecified atom stereocenters. The Morgan fingerprint density at radius 1 is 0.815 bits per heavy atom. The number of nitrogens with one attached hydrogen (secondary N) is 2. The molecule has 0 atom stereocenters. The second kappa shape index (κ2) is 9.73. The van der Waals surface area contributed by atoms with Gasteiger partial charge in [0.15, 0.2) is 0 Å². The van der Waals surface area contributed by atoms with Crippen LogP contribution in [0.2, 0.25) is 0 Å². The minimum Gasteiger partial charge on any atom is -0.369 e. The molecule has 1 fully saturated rings. The predicted octanol–water partition coefficient (Wildman–Crippen LogP) is 1.95. The van der Waals surface area contributed by atoms with Gasteiger partial charge in [0.25, 0.3) is 0 Å². The maximum absolute atomic E-state index is 11.9. The average molecular weight is 366 g/mol. The number of piperazine rings is 1. The fourth-order valence-corrected chi connectivity index (χ4v) is 3.16. The van der Waals surface area contributed by atoms with Gasteiger partial charge in [-0.15, -0.1) is 0 Å². The first-order valence-electron chi connectivity index (χ1n) is 9.39. The van der Waals surface area contributed by atoms with Gasteiger partial charge < -0.3 is 15.5 Å². The van der Waals surface area contributed by atoms with E-state index in [1.165, 1.54) is 5.69 Å². The number of carbonyl (C=O) groups excluding carboxylic acids is 2. The van der Waals surface area contributed by atoms with Crippen molar-refractivity contribution in [2.24, 2.45) is 0 Å². The van der Waals surface area contributed by atoms with E-state index < -0.39 is 11.8 Å². The van der Waals surface area contributed by atoms with E-state index in [0.29, 0.717) is 12.2 Å². The van der Waals surface area contributed by atoms with Gasteiger partial charge in [-0.05, 0) is 37.2 Å². The molecule has 0 radical (unpaired) electrons. The molecule has 1 heterocycles. The van der Waals surface area contributed by atoms with E-state index in [9.17, 15) is 9.59 Å². The number of carbonyl (C=O) groups is 2. The van der Waals surface area contributed by atoms with Gasteiger partial charge in [-0.25, -0.2) is 0 Å². The van der Waals surface area contributed by atoms with Gasteiger partial charge in [0.05, 0.1) is 0 Å². The van der Waals surface area contributed by atoms with E-state index in [1.54, 1.807) is 12.1 Å². The van der Waals surface area contributed by atoms with Crippen molar-refractivity contribution in [2.75, 3.05) is 49.5 Å². The molecule has 3 rings (SSSR count). The maximum atomic E-state index is 11.9. The Morgan fingerprint density at radius 2 is 1.44 bits per heavy atom. The summed E-state index contributed by atoms with van der Waals surface area (Å²) in [5.41, 5.74) is 1.89. The summed E-state index contributed by atoms with van der Waals surface area (Å²) in [6.07, 6.45) is 0.829. The van der Waals surface area contributed by atoms with Crippen molar-refractivity contribution in [1.29, 1.82) is 0 Å². The van der Waals surface area contributed by atoms with Gasteiger partial charge in [-0.2, -0.15) is 0 Å². The van der Waals surface area contributed by atoms with Crippen molar-refractivity contribution >= 4 is 23.2 Å². The molecule has 1 aliphatic heterocycles. The van der Waals surface area contributed by atoms with E-state index in [1.807, 2.05) is 24.3 Å². The molecule has 0 aliphatic carbocycles. The molecule has 0 saturated carbocycles. The van der Waals surface area contributed by atoms with E-state index in [2.05, 4.69) is 44.7 Å². The number of benzene rings is 2. The molecular weight excluding hydrogens is 340 g/mol. The van der Waals surface area contributed by atoms with Crippen LogP contribution in [0.25, 0.3) is 0 Å². The van der Waals surface area contributed by atoms with Crippen LogP contribution in [-0.2, 0) is 9.59 Å². The van der Waals surface area contributed by atoms with Gasteiger partial charge >= 0.3 is 11.8 Å². The molecule has 2 N–H and O–H groups in total. The Morgan fingerprint density at radius 3 is 2.11 bits per heavy atom. The Balaban J connectivity index is 1.30. The minimum absolute atomic E-state index is 0.500. The quantitative estimate of drug-likeness (QED) is 0.606. The van der Waals surface area contributed by atoms with E-state index in [0.717, 1.165) is 39.1 Å². The topological polar surface area (TPSA) is 64.7 Å². The van der Waals surface area contributed by atoms with Crippen LogP contribution in [0.4, 0.5) is 11.4 Å². The molecule has 6 heteroatoms. The lowest BCUT2D eigenvalue weighted by Gasteiger charge is -2.36. The van der Waals surface area contributed by atoms with Crippen LogP contribution in [0.3, 0.4) is 0 Å². The Kier molecular flexibility index (Phi) is 6.82. The molecule has 6 nitrogen and oxygen atoms in total. The summed E-state index contributed by atoms with van der Waals surface area (Å²) >= 11 is 0. The highest BCUT2D eigenvalue weighted by atomic mass is 16.2. The smallest absolute Gasteiger partial charge is 0.313 e. The monoisotopic (exact) mass is 366 g/mol. The van der Waals surface area contributed by atoms with Gasteiger partial charge in [0, 0.05) is 44.1 Å². The molecule has 0 spiro atoms. The molecule has 2 amide bonds. The highest BCUT2D eigenvalue weighted by Gasteiger charge is 2.17. The molecule has 1 saturated heterocycles. The second-order valence-corrected chi connectivity index (χ2v) is 6.59. The number of hydrogen-bond acceptors (Lipinski definition) is 4. The molecule has 1 aliphatic rings. The standard InChI is InChI=1S/C21H26N4O2/c26-20(21(27)23-18-8-3-1-4-9-18)22-12-7-13-24-14-16-25(17-15-24)19-10-5-2-6-11-19/h1-6,8-11H,7,12-17H2,(H,22,26)(H,23,27). The fourth-order valence-electron chi connectivity index (χ4n) is 3.16. The summed E-state index contributed by atoms with van der Waals surface area (Å²) in [5, 5.41) is 5.27. The zero-order valence-corrected chi connectivity index (χ0v) is 15.4. The Labute approximate surface area is 160 Å². The van der Waals surface area contributed by atoms with E-state index in [-0.39, 0.29) is 0 Å². The summed E-state index contributed by atoms with van der Waals surface area (Å²) in [6.45, 7) is 5.46. The first-order chi connectivity index (χ1) is 13.2. The van der Waals surface area contributed by atoms with Crippen molar-refractivity contribution < 1.29 is 9.59 Å². The zero-order valence-electron chi connectivity index (χ0n) is 15.4. The largest absolute Gasteiger partial charge is 0.369 e. The van der Waals surface area contributed by atoms with Crippen molar-refractivity contribution in [3.63, 3.8) is 0 Å². The predicted molar refractivity (Wildman–Crippen MR) is 108 cm³/mol. The summed E-state index contributed by atoms with van der Waals surface area (Å²) in [4.78, 5) is 28.5. The number of hydrogen-bond donors (Lipinski definition) is 2. The fraction of sp³-hybridized carbons (Fsp3) is 0.333. The van der Waals surface area contributed by atoms with Crippen molar-refractivity contribution in [2.45, 2.75) is 6.42 Å².